The number of nitrogens with zero attached hydrogens (tertiary/aromatic N) is 1. The van der Waals surface area contributed by atoms with Crippen molar-refractivity contribution in [2.75, 3.05) is 27.9 Å². The zero-order valence-electron chi connectivity index (χ0n) is 16.5. The molecule has 1 unspecified atom stereocenters. The zero-order valence-corrected chi connectivity index (χ0v) is 17.3. The van der Waals surface area contributed by atoms with Gasteiger partial charge < -0.3 is 24.8 Å². The smallest absolute Gasteiger partial charge is 0.252 e. The predicted molar refractivity (Wildman–Crippen MR) is 108 cm³/mol. The number of methoxy groups -OCH3 is 3. The molecule has 1 aromatic heterocycles. The van der Waals surface area contributed by atoms with Crippen molar-refractivity contribution in [1.29, 1.82) is 5.26 Å². The number of carbonyl (C=O) groups is 2. The normalized spacial score (nSPS) is 11.1. The van der Waals surface area contributed by atoms with E-state index >= 15 is 0 Å². The van der Waals surface area contributed by atoms with Crippen LogP contribution in [0.1, 0.15) is 34.8 Å². The van der Waals surface area contributed by atoms with Gasteiger partial charge in [0.2, 0.25) is 11.7 Å². The molecule has 1 aromatic carbocycles. The molecule has 8 nitrogen and oxygen atoms in total. The van der Waals surface area contributed by atoms with Crippen LogP contribution in [0.25, 0.3) is 0 Å². The highest BCUT2D eigenvalue weighted by molar-refractivity contribution is 7.08. The Labute approximate surface area is 173 Å². The van der Waals surface area contributed by atoms with E-state index in [1.807, 2.05) is 5.38 Å². The summed E-state index contributed by atoms with van der Waals surface area (Å²) in [5, 5.41) is 18.5. The van der Waals surface area contributed by atoms with Gasteiger partial charge in [0, 0.05) is 23.9 Å². The minimum Gasteiger partial charge on any atom is -0.493 e. The Bertz CT molecular complexity index is 852. The van der Waals surface area contributed by atoms with Crippen LogP contribution >= 0.6 is 11.3 Å². The molecule has 1 heterocycles. The van der Waals surface area contributed by atoms with Gasteiger partial charge in [-0.3, -0.25) is 9.59 Å². The second-order valence-electron chi connectivity index (χ2n) is 5.96. The Morgan fingerprint density at radius 2 is 1.86 bits per heavy atom. The zero-order chi connectivity index (χ0) is 21.2. The van der Waals surface area contributed by atoms with E-state index in [2.05, 4.69) is 16.7 Å². The van der Waals surface area contributed by atoms with Crippen LogP contribution in [0.3, 0.4) is 0 Å². The van der Waals surface area contributed by atoms with Crippen molar-refractivity contribution in [3.63, 3.8) is 0 Å². The molecule has 29 heavy (non-hydrogen) atoms. The topological polar surface area (TPSA) is 110 Å². The third-order valence-electron chi connectivity index (χ3n) is 4.10. The Balaban J connectivity index is 1.93. The van der Waals surface area contributed by atoms with Crippen molar-refractivity contribution in [2.24, 2.45) is 0 Å². The first-order valence-electron chi connectivity index (χ1n) is 8.83. The van der Waals surface area contributed by atoms with Crippen LogP contribution in [0.15, 0.2) is 29.0 Å². The number of hydrogen-bond donors (Lipinski definition) is 2. The van der Waals surface area contributed by atoms with E-state index in [1.165, 1.54) is 32.7 Å². The van der Waals surface area contributed by atoms with Gasteiger partial charge in [-0.1, -0.05) is 0 Å². The maximum atomic E-state index is 12.2. The van der Waals surface area contributed by atoms with Crippen LogP contribution in [0.4, 0.5) is 0 Å². The van der Waals surface area contributed by atoms with Gasteiger partial charge >= 0.3 is 0 Å². The van der Waals surface area contributed by atoms with E-state index < -0.39 is 6.04 Å². The van der Waals surface area contributed by atoms with Crippen LogP contribution in [0.5, 0.6) is 17.2 Å². The summed E-state index contributed by atoms with van der Waals surface area (Å²) in [6, 6.07) is 6.17. The molecular weight excluding hydrogens is 394 g/mol. The quantitative estimate of drug-likeness (QED) is 0.575. The van der Waals surface area contributed by atoms with Crippen LogP contribution in [-0.4, -0.2) is 39.7 Å². The first-order chi connectivity index (χ1) is 14.0. The number of rotatable bonds is 10. The average Bonchev–Trinajstić information content (AvgIpc) is 3.28. The second kappa shape index (κ2) is 10.9. The standard InChI is InChI=1S/C20H23N3O5S/c1-26-16-9-14(10-17(27-2)19(16)28-3)15(11-21)23-18(24)5-4-7-22-20(25)13-6-8-29-12-13/h6,8-10,12,15H,4-5,7H2,1-3H3,(H,22,25)(H,23,24). The van der Waals surface area contributed by atoms with Crippen molar-refractivity contribution < 1.29 is 23.8 Å². The summed E-state index contributed by atoms with van der Waals surface area (Å²) in [7, 11) is 4.44. The molecule has 2 rings (SSSR count). The summed E-state index contributed by atoms with van der Waals surface area (Å²) >= 11 is 1.45. The van der Waals surface area contributed by atoms with Gasteiger partial charge in [-0.25, -0.2) is 0 Å². The fraction of sp³-hybridized carbons (Fsp3) is 0.350. The highest BCUT2D eigenvalue weighted by atomic mass is 32.1. The van der Waals surface area contributed by atoms with Gasteiger partial charge in [-0.15, -0.1) is 0 Å². The number of hydrogen-bond acceptors (Lipinski definition) is 7. The van der Waals surface area contributed by atoms with Crippen LogP contribution in [-0.2, 0) is 4.79 Å². The van der Waals surface area contributed by atoms with Crippen molar-refractivity contribution in [3.05, 3.63) is 40.1 Å². The summed E-state index contributed by atoms with van der Waals surface area (Å²) in [6.45, 7) is 0.365. The van der Waals surface area contributed by atoms with E-state index in [0.29, 0.717) is 41.3 Å². The fourth-order valence-corrected chi connectivity index (χ4v) is 3.27. The van der Waals surface area contributed by atoms with Crippen molar-refractivity contribution in [1.82, 2.24) is 10.6 Å². The molecule has 0 saturated heterocycles. The van der Waals surface area contributed by atoms with Crippen LogP contribution in [0.2, 0.25) is 0 Å². The molecule has 0 saturated carbocycles. The minimum absolute atomic E-state index is 0.168. The molecule has 0 radical (unpaired) electrons. The number of nitriles is 1. The lowest BCUT2D eigenvalue weighted by Crippen LogP contribution is -2.29. The number of amides is 2. The van der Waals surface area contributed by atoms with E-state index in [4.69, 9.17) is 14.2 Å². The lowest BCUT2D eigenvalue weighted by molar-refractivity contribution is -0.121. The fourth-order valence-electron chi connectivity index (χ4n) is 2.64. The SMILES string of the molecule is COc1cc(C(C#N)NC(=O)CCCNC(=O)c2ccsc2)cc(OC)c1OC. The molecule has 2 N–H and O–H groups in total. The number of carbonyl (C=O) groups excluding carboxylic acids is 2. The van der Waals surface area contributed by atoms with E-state index in [0.717, 1.165) is 0 Å². The Morgan fingerprint density at radius 1 is 1.17 bits per heavy atom. The summed E-state index contributed by atoms with van der Waals surface area (Å²) in [4.78, 5) is 24.1. The molecule has 2 aromatic rings. The maximum absolute atomic E-state index is 12.2. The third kappa shape index (κ3) is 5.86. The van der Waals surface area contributed by atoms with Crippen molar-refractivity contribution >= 4 is 23.2 Å². The molecule has 154 valence electrons. The van der Waals surface area contributed by atoms with Crippen LogP contribution < -0.4 is 24.8 Å². The average molecular weight is 417 g/mol. The highest BCUT2D eigenvalue weighted by Gasteiger charge is 2.20. The summed E-state index contributed by atoms with van der Waals surface area (Å²) < 4.78 is 15.8. The molecule has 1 atom stereocenters. The molecule has 9 heteroatoms. The minimum atomic E-state index is -0.878. The Morgan fingerprint density at radius 3 is 2.38 bits per heavy atom. The largest absolute Gasteiger partial charge is 0.493 e. The summed E-state index contributed by atoms with van der Waals surface area (Å²) in [5.41, 5.74) is 1.12. The van der Waals surface area contributed by atoms with Gasteiger partial charge in [-0.2, -0.15) is 16.6 Å². The summed E-state index contributed by atoms with van der Waals surface area (Å²) in [6.07, 6.45) is 0.627. The number of nitrogens with one attached hydrogen (secondary N) is 2. The van der Waals surface area contributed by atoms with Gasteiger partial charge in [0.25, 0.3) is 5.91 Å². The number of ether oxygens (including phenoxy) is 3. The first-order valence-corrected chi connectivity index (χ1v) is 9.77. The second-order valence-corrected chi connectivity index (χ2v) is 6.74. The number of thiophene rings is 1. The van der Waals surface area contributed by atoms with Gasteiger partial charge in [-0.05, 0) is 35.6 Å². The van der Waals surface area contributed by atoms with Crippen molar-refractivity contribution in [3.8, 4) is 23.3 Å². The molecule has 0 fully saturated rings. The highest BCUT2D eigenvalue weighted by Crippen LogP contribution is 2.39. The Kier molecular flexibility index (Phi) is 8.30. The maximum Gasteiger partial charge on any atom is 0.252 e. The monoisotopic (exact) mass is 417 g/mol. The van der Waals surface area contributed by atoms with Gasteiger partial charge in [0.15, 0.2) is 11.5 Å². The molecule has 0 bridgehead atoms. The molecule has 2 amide bonds. The van der Waals surface area contributed by atoms with E-state index in [9.17, 15) is 14.9 Å². The Hall–Kier alpha value is -3.25. The molecule has 0 spiro atoms. The van der Waals surface area contributed by atoms with Gasteiger partial charge in [0.1, 0.15) is 6.04 Å². The molecular formula is C20H23N3O5S. The van der Waals surface area contributed by atoms with E-state index in [1.54, 1.807) is 23.6 Å². The lowest BCUT2D eigenvalue weighted by Gasteiger charge is -2.17. The lowest BCUT2D eigenvalue weighted by atomic mass is 10.1. The predicted octanol–water partition coefficient (Wildman–Crippen LogP) is 2.66. The number of benzene rings is 1. The van der Waals surface area contributed by atoms with Crippen LogP contribution in [0, 0.1) is 11.3 Å². The van der Waals surface area contributed by atoms with Crippen molar-refractivity contribution in [2.45, 2.75) is 18.9 Å². The summed E-state index contributed by atoms with van der Waals surface area (Å²) in [5.74, 6) is 0.734. The van der Waals surface area contributed by atoms with E-state index in [-0.39, 0.29) is 18.2 Å². The first kappa shape index (κ1) is 22.0. The molecule has 0 aliphatic carbocycles. The van der Waals surface area contributed by atoms with Gasteiger partial charge in [0.05, 0.1) is 27.4 Å². The molecule has 0 aliphatic rings. The molecule has 0 aliphatic heterocycles. The third-order valence-corrected chi connectivity index (χ3v) is 4.79.